The number of aliphatic hydroxyl groups is 1. The lowest BCUT2D eigenvalue weighted by atomic mass is 9.85. The number of phenols is 2. The van der Waals surface area contributed by atoms with Gasteiger partial charge in [0.05, 0.1) is 10.7 Å². The summed E-state index contributed by atoms with van der Waals surface area (Å²) in [6, 6.07) is 18.5. The van der Waals surface area contributed by atoms with E-state index in [0.29, 0.717) is 15.6 Å². The van der Waals surface area contributed by atoms with Crippen LogP contribution in [0.4, 0.5) is 0 Å². The SMILES string of the molecule is O=C(NN=Cc1cc(Br)c(O)c(Br)c1O)C(O)(c1ccccc1)c1ccccc1. The highest BCUT2D eigenvalue weighted by molar-refractivity contribution is 9.11. The maximum absolute atomic E-state index is 12.9. The van der Waals surface area contributed by atoms with E-state index in [1.807, 2.05) is 0 Å². The summed E-state index contributed by atoms with van der Waals surface area (Å²) in [6.45, 7) is 0. The van der Waals surface area contributed by atoms with Crippen LogP contribution in [-0.4, -0.2) is 27.4 Å². The smallest absolute Gasteiger partial charge is 0.281 e. The van der Waals surface area contributed by atoms with E-state index in [9.17, 15) is 20.1 Å². The van der Waals surface area contributed by atoms with Crippen molar-refractivity contribution >= 4 is 44.0 Å². The molecule has 29 heavy (non-hydrogen) atoms. The zero-order valence-corrected chi connectivity index (χ0v) is 18.1. The van der Waals surface area contributed by atoms with E-state index in [1.54, 1.807) is 60.7 Å². The Balaban J connectivity index is 1.92. The number of aromatic hydroxyl groups is 2. The molecule has 3 aromatic rings. The third-order valence-electron chi connectivity index (χ3n) is 4.28. The van der Waals surface area contributed by atoms with Crippen LogP contribution in [0.5, 0.6) is 11.5 Å². The summed E-state index contributed by atoms with van der Waals surface area (Å²) in [7, 11) is 0. The quantitative estimate of drug-likeness (QED) is 0.302. The van der Waals surface area contributed by atoms with Gasteiger partial charge in [0.15, 0.2) is 5.60 Å². The molecule has 0 aromatic heterocycles. The summed E-state index contributed by atoms with van der Waals surface area (Å²) in [5.41, 5.74) is 1.38. The number of carbonyl (C=O) groups is 1. The number of nitrogens with one attached hydrogen (secondary N) is 1. The van der Waals surface area contributed by atoms with Gasteiger partial charge in [-0.25, -0.2) is 5.43 Å². The number of nitrogens with zero attached hydrogens (tertiary/aromatic N) is 1. The molecule has 4 N–H and O–H groups in total. The number of halogens is 2. The first-order valence-electron chi connectivity index (χ1n) is 8.42. The molecule has 0 spiro atoms. The first kappa shape index (κ1) is 21.0. The van der Waals surface area contributed by atoms with Gasteiger partial charge in [0.1, 0.15) is 16.0 Å². The molecule has 148 valence electrons. The third kappa shape index (κ3) is 4.19. The van der Waals surface area contributed by atoms with E-state index >= 15 is 0 Å². The fraction of sp³-hybridized carbons (Fsp3) is 0.0476. The summed E-state index contributed by atoms with van der Waals surface area (Å²) < 4.78 is 0.421. The van der Waals surface area contributed by atoms with Gasteiger partial charge >= 0.3 is 0 Å². The average molecular weight is 520 g/mol. The Hall–Kier alpha value is -2.68. The van der Waals surface area contributed by atoms with Gasteiger partial charge in [-0.1, -0.05) is 60.7 Å². The number of rotatable bonds is 5. The van der Waals surface area contributed by atoms with E-state index in [1.165, 1.54) is 12.3 Å². The molecular weight excluding hydrogens is 504 g/mol. The highest BCUT2D eigenvalue weighted by Gasteiger charge is 2.39. The van der Waals surface area contributed by atoms with Crippen LogP contribution < -0.4 is 5.43 Å². The predicted octanol–water partition coefficient (Wildman–Crippen LogP) is 4.01. The highest BCUT2D eigenvalue weighted by atomic mass is 79.9. The number of phenolic OH excluding ortho intramolecular Hbond substituents is 2. The second-order valence-electron chi connectivity index (χ2n) is 6.10. The molecule has 6 nitrogen and oxygen atoms in total. The van der Waals surface area contributed by atoms with Crippen molar-refractivity contribution in [3.05, 3.63) is 92.4 Å². The molecule has 0 unspecified atom stereocenters. The minimum absolute atomic E-state index is 0.0877. The van der Waals surface area contributed by atoms with Crippen molar-refractivity contribution in [1.29, 1.82) is 0 Å². The number of hydrazone groups is 1. The van der Waals surface area contributed by atoms with E-state index < -0.39 is 11.5 Å². The number of hydrogen-bond acceptors (Lipinski definition) is 5. The van der Waals surface area contributed by atoms with Gasteiger partial charge in [0, 0.05) is 5.56 Å². The van der Waals surface area contributed by atoms with Gasteiger partial charge < -0.3 is 15.3 Å². The van der Waals surface area contributed by atoms with E-state index in [0.717, 1.165) is 0 Å². The van der Waals surface area contributed by atoms with Crippen molar-refractivity contribution in [3.63, 3.8) is 0 Å². The molecule has 0 saturated heterocycles. The van der Waals surface area contributed by atoms with E-state index in [2.05, 4.69) is 42.4 Å². The molecular formula is C21H16Br2N2O4. The molecule has 0 aliphatic heterocycles. The zero-order valence-electron chi connectivity index (χ0n) is 14.9. The second-order valence-corrected chi connectivity index (χ2v) is 7.75. The molecule has 0 radical (unpaired) electrons. The van der Waals surface area contributed by atoms with Gasteiger partial charge in [-0.15, -0.1) is 0 Å². The van der Waals surface area contributed by atoms with Gasteiger partial charge in [0.25, 0.3) is 5.91 Å². The average Bonchev–Trinajstić information content (AvgIpc) is 2.76. The molecule has 1 amide bonds. The molecule has 0 fully saturated rings. The molecule has 0 atom stereocenters. The summed E-state index contributed by atoms with van der Waals surface area (Å²) in [5, 5.41) is 35.1. The Morgan fingerprint density at radius 1 is 0.931 bits per heavy atom. The fourth-order valence-corrected chi connectivity index (χ4v) is 3.90. The Morgan fingerprint density at radius 2 is 1.45 bits per heavy atom. The number of benzene rings is 3. The molecule has 0 aliphatic carbocycles. The van der Waals surface area contributed by atoms with Crippen molar-refractivity contribution in [2.24, 2.45) is 5.10 Å². The maximum atomic E-state index is 12.9. The third-order valence-corrected chi connectivity index (χ3v) is 5.63. The normalized spacial score (nSPS) is 11.6. The Kier molecular flexibility index (Phi) is 6.36. The molecule has 0 aliphatic rings. The summed E-state index contributed by atoms with van der Waals surface area (Å²) in [4.78, 5) is 12.9. The van der Waals surface area contributed by atoms with Crippen LogP contribution in [0.2, 0.25) is 0 Å². The van der Waals surface area contributed by atoms with Gasteiger partial charge in [-0.3, -0.25) is 4.79 Å². The summed E-state index contributed by atoms with van der Waals surface area (Å²) >= 11 is 6.24. The fourth-order valence-electron chi connectivity index (χ4n) is 2.74. The van der Waals surface area contributed by atoms with E-state index in [4.69, 9.17) is 0 Å². The lowest BCUT2D eigenvalue weighted by Crippen LogP contribution is -2.43. The molecule has 0 heterocycles. The van der Waals surface area contributed by atoms with Crippen molar-refractivity contribution in [1.82, 2.24) is 5.43 Å². The van der Waals surface area contributed by atoms with E-state index in [-0.39, 0.29) is 21.5 Å². The minimum Gasteiger partial charge on any atom is -0.506 e. The van der Waals surface area contributed by atoms with Crippen molar-refractivity contribution in [3.8, 4) is 11.5 Å². The Labute approximate surface area is 183 Å². The molecule has 3 aromatic carbocycles. The molecule has 8 heteroatoms. The first-order chi connectivity index (χ1) is 13.9. The lowest BCUT2D eigenvalue weighted by Gasteiger charge is -2.27. The second kappa shape index (κ2) is 8.77. The van der Waals surface area contributed by atoms with Crippen LogP contribution in [-0.2, 0) is 10.4 Å². The predicted molar refractivity (Wildman–Crippen MR) is 117 cm³/mol. The molecule has 0 bridgehead atoms. The van der Waals surface area contributed by atoms with Crippen LogP contribution in [0.15, 0.2) is 80.8 Å². The number of amides is 1. The minimum atomic E-state index is -1.96. The number of hydrogen-bond donors (Lipinski definition) is 4. The Bertz CT molecular complexity index is 1020. The monoisotopic (exact) mass is 518 g/mol. The summed E-state index contributed by atoms with van der Waals surface area (Å²) in [5.74, 6) is -1.17. The topological polar surface area (TPSA) is 102 Å². The van der Waals surface area contributed by atoms with Crippen molar-refractivity contribution in [2.75, 3.05) is 0 Å². The van der Waals surface area contributed by atoms with Crippen molar-refractivity contribution in [2.45, 2.75) is 5.60 Å². The zero-order chi connectivity index (χ0) is 21.0. The van der Waals surface area contributed by atoms with Crippen LogP contribution in [0.25, 0.3) is 0 Å². The first-order valence-corrected chi connectivity index (χ1v) is 10.0. The van der Waals surface area contributed by atoms with Crippen molar-refractivity contribution < 1.29 is 20.1 Å². The molecule has 0 saturated carbocycles. The number of carbonyl (C=O) groups excluding carboxylic acids is 1. The molecule has 3 rings (SSSR count). The van der Waals surface area contributed by atoms with Crippen LogP contribution >= 0.6 is 31.9 Å². The van der Waals surface area contributed by atoms with Crippen LogP contribution in [0, 0.1) is 0 Å². The maximum Gasteiger partial charge on any atom is 0.281 e. The van der Waals surface area contributed by atoms with Crippen LogP contribution in [0.3, 0.4) is 0 Å². The largest absolute Gasteiger partial charge is 0.506 e. The summed E-state index contributed by atoms with van der Waals surface area (Å²) in [6.07, 6.45) is 1.21. The lowest BCUT2D eigenvalue weighted by molar-refractivity contribution is -0.136. The Morgan fingerprint density at radius 3 is 1.97 bits per heavy atom. The highest BCUT2D eigenvalue weighted by Crippen LogP contribution is 2.40. The van der Waals surface area contributed by atoms with Gasteiger partial charge in [-0.2, -0.15) is 5.10 Å². The van der Waals surface area contributed by atoms with Gasteiger partial charge in [-0.05, 0) is 49.1 Å². The van der Waals surface area contributed by atoms with Gasteiger partial charge in [0.2, 0.25) is 0 Å². The standard InChI is InChI=1S/C21H16Br2N2O4/c22-16-11-13(18(26)17(23)19(16)27)12-24-25-20(28)21(29,14-7-3-1-4-8-14)15-9-5-2-6-10-15/h1-12,26-27,29H,(H,25,28). The van der Waals surface area contributed by atoms with Crippen LogP contribution in [0.1, 0.15) is 16.7 Å².